The van der Waals surface area contributed by atoms with Gasteiger partial charge in [-0.2, -0.15) is 0 Å². The highest BCUT2D eigenvalue weighted by Crippen LogP contribution is 2.43. The minimum absolute atomic E-state index is 0.0417. The van der Waals surface area contributed by atoms with Crippen molar-refractivity contribution in [2.45, 2.75) is 26.1 Å². The molecule has 26 heavy (non-hydrogen) atoms. The standard InChI is InChI=1S/C18H18ClN3O3S/c1-2-22-4-3-9-14(7-22)26-18-15(9)17(23)20-16(21-18)10-5-12-13(6-11(10)19)25-8-24-12/h5-6,16,21H,2-4,7-8H2,1H3,(H,20,23)/t16-/m1/s1. The van der Waals surface area contributed by atoms with Gasteiger partial charge < -0.3 is 20.1 Å². The number of nitrogens with zero attached hydrogens (tertiary/aromatic N) is 1. The Labute approximate surface area is 160 Å². The molecule has 2 N–H and O–H groups in total. The zero-order valence-corrected chi connectivity index (χ0v) is 15.8. The average Bonchev–Trinajstić information content (AvgIpc) is 3.23. The highest BCUT2D eigenvalue weighted by Gasteiger charge is 2.34. The van der Waals surface area contributed by atoms with Crippen LogP contribution in [0.15, 0.2) is 12.1 Å². The van der Waals surface area contributed by atoms with Crippen molar-refractivity contribution in [3.05, 3.63) is 38.7 Å². The molecule has 0 bridgehead atoms. The maximum Gasteiger partial charge on any atom is 0.256 e. The topological polar surface area (TPSA) is 62.8 Å². The third-order valence-electron chi connectivity index (χ3n) is 5.16. The van der Waals surface area contributed by atoms with Crippen molar-refractivity contribution in [1.29, 1.82) is 0 Å². The summed E-state index contributed by atoms with van der Waals surface area (Å²) < 4.78 is 10.8. The van der Waals surface area contributed by atoms with E-state index in [9.17, 15) is 4.79 Å². The number of carbonyl (C=O) groups is 1. The molecule has 3 aliphatic heterocycles. The molecule has 0 unspecified atom stereocenters. The highest BCUT2D eigenvalue weighted by atomic mass is 35.5. The lowest BCUT2D eigenvalue weighted by molar-refractivity contribution is 0.0934. The number of fused-ring (bicyclic) bond motifs is 4. The van der Waals surface area contributed by atoms with E-state index in [1.54, 1.807) is 17.4 Å². The van der Waals surface area contributed by atoms with E-state index in [1.165, 1.54) is 10.4 Å². The normalized spacial score (nSPS) is 21.0. The van der Waals surface area contributed by atoms with Gasteiger partial charge in [-0.15, -0.1) is 11.3 Å². The van der Waals surface area contributed by atoms with Gasteiger partial charge in [0.25, 0.3) is 5.91 Å². The molecule has 5 rings (SSSR count). The van der Waals surface area contributed by atoms with Gasteiger partial charge in [0.05, 0.1) is 10.6 Å². The number of benzene rings is 1. The number of likely N-dealkylation sites (N-methyl/N-ethyl adjacent to an activating group) is 1. The number of amides is 1. The molecule has 0 saturated heterocycles. The highest BCUT2D eigenvalue weighted by molar-refractivity contribution is 7.16. The Bertz CT molecular complexity index is 914. The molecule has 1 amide bonds. The van der Waals surface area contributed by atoms with Crippen LogP contribution in [0.5, 0.6) is 11.5 Å². The number of halogens is 1. The summed E-state index contributed by atoms with van der Waals surface area (Å²) in [6.07, 6.45) is 0.527. The molecule has 0 saturated carbocycles. The van der Waals surface area contributed by atoms with Crippen LogP contribution in [-0.2, 0) is 13.0 Å². The molecule has 1 aromatic heterocycles. The second-order valence-corrected chi connectivity index (χ2v) is 8.12. The van der Waals surface area contributed by atoms with Crippen LogP contribution >= 0.6 is 22.9 Å². The Kier molecular flexibility index (Phi) is 3.77. The number of ether oxygens (including phenoxy) is 2. The van der Waals surface area contributed by atoms with Crippen LogP contribution in [0.2, 0.25) is 5.02 Å². The summed E-state index contributed by atoms with van der Waals surface area (Å²) in [6.45, 7) is 5.29. The summed E-state index contributed by atoms with van der Waals surface area (Å²) in [5, 5.41) is 7.96. The van der Waals surface area contributed by atoms with E-state index in [2.05, 4.69) is 22.5 Å². The van der Waals surface area contributed by atoms with Crippen LogP contribution in [0.1, 0.15) is 39.5 Å². The molecule has 0 spiro atoms. The van der Waals surface area contributed by atoms with Gasteiger partial charge in [-0.05, 0) is 24.6 Å². The second kappa shape index (κ2) is 6.04. The van der Waals surface area contributed by atoms with E-state index < -0.39 is 0 Å². The van der Waals surface area contributed by atoms with E-state index >= 15 is 0 Å². The number of anilines is 1. The predicted octanol–water partition coefficient (Wildman–Crippen LogP) is 3.36. The van der Waals surface area contributed by atoms with Crippen LogP contribution in [0, 0.1) is 0 Å². The zero-order chi connectivity index (χ0) is 17.8. The third kappa shape index (κ3) is 2.46. The van der Waals surface area contributed by atoms with Gasteiger partial charge >= 0.3 is 0 Å². The SMILES string of the molecule is CCN1CCc2c(sc3c2C(=O)N[C@@H](c2cc4c(cc2Cl)OCO4)N3)C1. The Morgan fingerprint density at radius 1 is 1.31 bits per heavy atom. The molecule has 8 heteroatoms. The molecule has 0 radical (unpaired) electrons. The van der Waals surface area contributed by atoms with Crippen LogP contribution in [0.3, 0.4) is 0 Å². The van der Waals surface area contributed by atoms with Crippen molar-refractivity contribution in [1.82, 2.24) is 10.2 Å². The second-order valence-electron chi connectivity index (χ2n) is 6.60. The van der Waals surface area contributed by atoms with Gasteiger partial charge in [-0.3, -0.25) is 9.69 Å². The Balaban J connectivity index is 1.50. The first-order valence-corrected chi connectivity index (χ1v) is 9.87. The van der Waals surface area contributed by atoms with E-state index in [-0.39, 0.29) is 18.9 Å². The fourth-order valence-electron chi connectivity index (χ4n) is 3.75. The Morgan fingerprint density at radius 3 is 2.92 bits per heavy atom. The number of thiophene rings is 1. The van der Waals surface area contributed by atoms with E-state index in [1.807, 2.05) is 6.07 Å². The lowest BCUT2D eigenvalue weighted by Gasteiger charge is -2.28. The lowest BCUT2D eigenvalue weighted by atomic mass is 10.00. The van der Waals surface area contributed by atoms with Crippen molar-refractivity contribution in [3.8, 4) is 11.5 Å². The van der Waals surface area contributed by atoms with Crippen LogP contribution in [0.4, 0.5) is 5.00 Å². The van der Waals surface area contributed by atoms with Crippen LogP contribution < -0.4 is 20.1 Å². The molecule has 4 heterocycles. The minimum Gasteiger partial charge on any atom is -0.454 e. The maximum atomic E-state index is 12.8. The minimum atomic E-state index is -0.389. The quantitative estimate of drug-likeness (QED) is 0.821. The van der Waals surface area contributed by atoms with Crippen molar-refractivity contribution in [3.63, 3.8) is 0 Å². The number of hydrogen-bond acceptors (Lipinski definition) is 6. The van der Waals surface area contributed by atoms with Crippen LogP contribution in [-0.4, -0.2) is 30.7 Å². The van der Waals surface area contributed by atoms with Gasteiger partial charge in [0.2, 0.25) is 6.79 Å². The van der Waals surface area contributed by atoms with Gasteiger partial charge in [-0.1, -0.05) is 18.5 Å². The maximum absolute atomic E-state index is 12.8. The summed E-state index contributed by atoms with van der Waals surface area (Å²) in [5.41, 5.74) is 2.76. The summed E-state index contributed by atoms with van der Waals surface area (Å²) >= 11 is 8.10. The number of hydrogen-bond donors (Lipinski definition) is 2. The Hall–Kier alpha value is -1.96. The first-order chi connectivity index (χ1) is 12.6. The van der Waals surface area contributed by atoms with E-state index in [0.29, 0.717) is 16.5 Å². The van der Waals surface area contributed by atoms with E-state index in [0.717, 1.165) is 42.2 Å². The average molecular weight is 392 g/mol. The molecule has 1 aromatic carbocycles. The van der Waals surface area contributed by atoms with E-state index in [4.69, 9.17) is 21.1 Å². The van der Waals surface area contributed by atoms with Crippen molar-refractivity contribution >= 4 is 33.8 Å². The van der Waals surface area contributed by atoms with Gasteiger partial charge in [-0.25, -0.2) is 0 Å². The zero-order valence-electron chi connectivity index (χ0n) is 14.2. The van der Waals surface area contributed by atoms with Crippen molar-refractivity contribution in [2.75, 3.05) is 25.2 Å². The van der Waals surface area contributed by atoms with Gasteiger partial charge in [0.15, 0.2) is 11.5 Å². The predicted molar refractivity (Wildman–Crippen MR) is 100 cm³/mol. The summed E-state index contributed by atoms with van der Waals surface area (Å²) in [5.74, 6) is 1.24. The molecule has 6 nitrogen and oxygen atoms in total. The molecule has 2 aromatic rings. The molecule has 3 aliphatic rings. The molecule has 0 aliphatic carbocycles. The largest absolute Gasteiger partial charge is 0.454 e. The summed E-state index contributed by atoms with van der Waals surface area (Å²) in [4.78, 5) is 16.5. The molecule has 0 fully saturated rings. The molecule has 1 atom stereocenters. The number of carbonyl (C=O) groups excluding carboxylic acids is 1. The number of nitrogens with one attached hydrogen (secondary N) is 2. The molecular weight excluding hydrogens is 374 g/mol. The summed E-state index contributed by atoms with van der Waals surface area (Å²) in [6, 6.07) is 3.57. The fraction of sp³-hybridized carbons (Fsp3) is 0.389. The lowest BCUT2D eigenvalue weighted by Crippen LogP contribution is -2.39. The monoisotopic (exact) mass is 391 g/mol. The molecular formula is C18H18ClN3O3S. The number of rotatable bonds is 2. The fourth-order valence-corrected chi connectivity index (χ4v) is 5.33. The van der Waals surface area contributed by atoms with Crippen LogP contribution in [0.25, 0.3) is 0 Å². The van der Waals surface area contributed by atoms with Gasteiger partial charge in [0, 0.05) is 29.6 Å². The van der Waals surface area contributed by atoms with Gasteiger partial charge in [0.1, 0.15) is 11.2 Å². The van der Waals surface area contributed by atoms with Crippen molar-refractivity contribution in [2.24, 2.45) is 0 Å². The Morgan fingerprint density at radius 2 is 2.12 bits per heavy atom. The smallest absolute Gasteiger partial charge is 0.256 e. The third-order valence-corrected chi connectivity index (χ3v) is 6.64. The van der Waals surface area contributed by atoms with Crippen molar-refractivity contribution < 1.29 is 14.3 Å². The molecule has 136 valence electrons. The summed E-state index contributed by atoms with van der Waals surface area (Å²) in [7, 11) is 0. The first kappa shape index (κ1) is 16.2. The first-order valence-electron chi connectivity index (χ1n) is 8.67.